The van der Waals surface area contributed by atoms with Crippen LogP contribution in [-0.2, 0) is 4.79 Å². The van der Waals surface area contributed by atoms with Crippen molar-refractivity contribution >= 4 is 6.08 Å². The Bertz CT molecular complexity index is 271. The van der Waals surface area contributed by atoms with Gasteiger partial charge in [-0.25, -0.2) is 15.2 Å². The highest BCUT2D eigenvalue weighted by Crippen LogP contribution is 1.62. The van der Waals surface area contributed by atoms with Crippen LogP contribution in [0.4, 0.5) is 0 Å². The number of nitrogens with zero attached hydrogens (tertiary/aromatic N) is 4. The molecule has 14 heavy (non-hydrogen) atoms. The van der Waals surface area contributed by atoms with Crippen LogP contribution in [0.3, 0.4) is 0 Å². The number of aromatic nitrogens is 5. The first-order valence-corrected chi connectivity index (χ1v) is 3.46. The molecule has 7 heteroatoms. The van der Waals surface area contributed by atoms with Crippen molar-refractivity contribution in [1.29, 1.82) is 5.41 Å². The smallest absolute Gasteiger partial charge is 0.231 e. The lowest BCUT2D eigenvalue weighted by Crippen LogP contribution is -1.78. The van der Waals surface area contributed by atoms with E-state index in [1.807, 2.05) is 0 Å². The van der Waals surface area contributed by atoms with Crippen molar-refractivity contribution in [3.8, 4) is 0 Å². The van der Waals surface area contributed by atoms with Gasteiger partial charge in [-0.3, -0.25) is 0 Å². The summed E-state index contributed by atoms with van der Waals surface area (Å²) in [6.45, 7) is 0. The first kappa shape index (κ1) is 11.6. The maximum atomic E-state index is 8.35. The Morgan fingerprint density at radius 3 is 2.00 bits per heavy atom. The van der Waals surface area contributed by atoms with Gasteiger partial charge in [-0.1, -0.05) is 0 Å². The first-order chi connectivity index (χ1) is 6.91. The summed E-state index contributed by atoms with van der Waals surface area (Å²) in [6.07, 6.45) is 8.99. The molecule has 0 unspecified atom stereocenters. The van der Waals surface area contributed by atoms with E-state index >= 15 is 0 Å². The molecule has 0 aromatic carbocycles. The van der Waals surface area contributed by atoms with E-state index in [2.05, 4.69) is 25.4 Å². The highest BCUT2D eigenvalue weighted by Gasteiger charge is 1.60. The van der Waals surface area contributed by atoms with E-state index in [4.69, 9.17) is 10.2 Å². The second-order valence-electron chi connectivity index (χ2n) is 1.67. The monoisotopic (exact) mass is 192 g/mol. The molecule has 0 saturated carbocycles. The zero-order chi connectivity index (χ0) is 10.5. The quantitative estimate of drug-likeness (QED) is 0.457. The van der Waals surface area contributed by atoms with E-state index in [-0.39, 0.29) is 0 Å². The summed E-state index contributed by atoms with van der Waals surface area (Å²) in [5, 5.41) is 15.5. The van der Waals surface area contributed by atoms with Crippen LogP contribution in [0.1, 0.15) is 0 Å². The van der Waals surface area contributed by atoms with Crippen LogP contribution in [0.5, 0.6) is 0 Å². The number of hydrogen-bond acceptors (Lipinski definition) is 6. The van der Waals surface area contributed by atoms with Crippen LogP contribution in [0.25, 0.3) is 0 Å². The van der Waals surface area contributed by atoms with Crippen LogP contribution < -0.4 is 0 Å². The maximum Gasteiger partial charge on any atom is 0.231 e. The van der Waals surface area contributed by atoms with Gasteiger partial charge in [0.1, 0.15) is 0 Å². The number of imidazole rings is 1. The molecule has 0 fully saturated rings. The molecule has 2 N–H and O–H groups in total. The number of nitrogens with one attached hydrogen (secondary N) is 2. The van der Waals surface area contributed by atoms with Gasteiger partial charge in [0.15, 0.2) is 0 Å². The molecule has 0 amide bonds. The summed E-state index contributed by atoms with van der Waals surface area (Å²) in [5.74, 6) is 0. The minimum atomic E-state index is 0.750. The minimum absolute atomic E-state index is 0.750. The maximum absolute atomic E-state index is 8.35. The summed E-state index contributed by atoms with van der Waals surface area (Å²) in [4.78, 5) is 14.8. The molecule has 2 aromatic rings. The Morgan fingerprint density at radius 2 is 1.86 bits per heavy atom. The highest BCUT2D eigenvalue weighted by molar-refractivity contribution is 5.26. The third-order valence-electron chi connectivity index (χ3n) is 0.815. The number of aromatic amines is 1. The largest absolute Gasteiger partial charge is 0.351 e. The lowest BCUT2D eigenvalue weighted by molar-refractivity contribution is 0.563. The fraction of sp³-hybridized carbons (Fsp3) is 0. The second kappa shape index (κ2) is 10.6. The van der Waals surface area contributed by atoms with Crippen LogP contribution in [-0.4, -0.2) is 31.5 Å². The second-order valence-corrected chi connectivity index (χ2v) is 1.67. The Kier molecular flexibility index (Phi) is 8.78. The number of isocyanates is 1. The van der Waals surface area contributed by atoms with Crippen molar-refractivity contribution in [2.45, 2.75) is 0 Å². The van der Waals surface area contributed by atoms with Crippen molar-refractivity contribution in [1.82, 2.24) is 25.4 Å². The Hall–Kier alpha value is -2.40. The molecule has 7 nitrogen and oxygen atoms in total. The number of carbonyl (C=O) groups excluding carboxylic acids is 1. The SMILES string of the molecule is N=C=O.c1c[nH]cn1.c1cnnnc1. The van der Waals surface area contributed by atoms with Gasteiger partial charge in [0, 0.05) is 12.4 Å². The van der Waals surface area contributed by atoms with Crippen LogP contribution in [0.2, 0.25) is 0 Å². The molecule has 2 aromatic heterocycles. The molecule has 0 bridgehead atoms. The van der Waals surface area contributed by atoms with E-state index in [9.17, 15) is 0 Å². The standard InChI is InChI=1S/C3H3N3.C3H4N2.CHNO/c1-2-4-6-5-3-1;1-2-5-3-4-1;2-1-3/h1-3H;1-3H,(H,4,5);2H. The molecule has 72 valence electrons. The van der Waals surface area contributed by atoms with Crippen molar-refractivity contribution in [2.75, 3.05) is 0 Å². The third kappa shape index (κ3) is 9.60. The predicted molar refractivity (Wildman–Crippen MR) is 46.8 cm³/mol. The van der Waals surface area contributed by atoms with E-state index in [0.29, 0.717) is 0 Å². The fourth-order valence-electron chi connectivity index (χ4n) is 0.420. The Balaban J connectivity index is 0.000000193. The van der Waals surface area contributed by atoms with E-state index in [1.54, 1.807) is 37.2 Å². The lowest BCUT2D eigenvalue weighted by atomic mass is 10.7. The summed E-state index contributed by atoms with van der Waals surface area (Å²) in [5.41, 5.74) is 0. The van der Waals surface area contributed by atoms with Gasteiger partial charge in [-0.15, -0.1) is 10.2 Å². The fourth-order valence-corrected chi connectivity index (χ4v) is 0.420. The normalized spacial score (nSPS) is 6.86. The topological polar surface area (TPSA) is 108 Å². The molecular formula is C7H8N6O. The van der Waals surface area contributed by atoms with Gasteiger partial charge in [-0.05, 0) is 11.3 Å². The molecular weight excluding hydrogens is 184 g/mol. The molecule has 0 aliphatic carbocycles. The predicted octanol–water partition coefficient (Wildman–Crippen LogP) is 0.182. The molecule has 0 spiro atoms. The average molecular weight is 192 g/mol. The van der Waals surface area contributed by atoms with Crippen LogP contribution in [0, 0.1) is 5.41 Å². The van der Waals surface area contributed by atoms with Gasteiger partial charge in [-0.2, -0.15) is 0 Å². The number of hydrogen-bond donors (Lipinski definition) is 2. The van der Waals surface area contributed by atoms with Crippen molar-refractivity contribution in [3.63, 3.8) is 0 Å². The minimum Gasteiger partial charge on any atom is -0.351 e. The molecule has 0 radical (unpaired) electrons. The van der Waals surface area contributed by atoms with Crippen LogP contribution in [0.15, 0.2) is 37.2 Å². The molecule has 0 aliphatic rings. The zero-order valence-electron chi connectivity index (χ0n) is 7.16. The van der Waals surface area contributed by atoms with Crippen molar-refractivity contribution in [2.24, 2.45) is 0 Å². The van der Waals surface area contributed by atoms with Crippen molar-refractivity contribution < 1.29 is 4.79 Å². The number of rotatable bonds is 0. The number of H-pyrrole nitrogens is 1. The summed E-state index contributed by atoms with van der Waals surface area (Å²) in [7, 11) is 0. The summed E-state index contributed by atoms with van der Waals surface area (Å²) >= 11 is 0. The van der Waals surface area contributed by atoms with Crippen molar-refractivity contribution in [3.05, 3.63) is 37.2 Å². The van der Waals surface area contributed by atoms with Gasteiger partial charge in [0.25, 0.3) is 0 Å². The van der Waals surface area contributed by atoms with Crippen LogP contribution >= 0.6 is 0 Å². The van der Waals surface area contributed by atoms with Gasteiger partial charge >= 0.3 is 0 Å². The van der Waals surface area contributed by atoms with E-state index in [1.165, 1.54) is 0 Å². The van der Waals surface area contributed by atoms with Gasteiger partial charge in [0.2, 0.25) is 6.08 Å². The molecule has 2 rings (SSSR count). The first-order valence-electron chi connectivity index (χ1n) is 3.46. The molecule has 2 heterocycles. The molecule has 0 aliphatic heterocycles. The van der Waals surface area contributed by atoms with Gasteiger partial charge < -0.3 is 4.98 Å². The Labute approximate surface area is 79.7 Å². The Morgan fingerprint density at radius 1 is 1.21 bits per heavy atom. The van der Waals surface area contributed by atoms with Gasteiger partial charge in [0.05, 0.1) is 18.7 Å². The molecule has 0 saturated heterocycles. The lowest BCUT2D eigenvalue weighted by Gasteiger charge is -1.68. The third-order valence-corrected chi connectivity index (χ3v) is 0.815. The highest BCUT2D eigenvalue weighted by atomic mass is 16.1. The average Bonchev–Trinajstić information content (AvgIpc) is 2.80. The summed E-state index contributed by atoms with van der Waals surface area (Å²) in [6, 6.07) is 1.72. The zero-order valence-corrected chi connectivity index (χ0v) is 7.16. The molecule has 0 atom stereocenters. The van der Waals surface area contributed by atoms with E-state index in [0.717, 1.165) is 6.08 Å². The summed E-state index contributed by atoms with van der Waals surface area (Å²) < 4.78 is 0. The van der Waals surface area contributed by atoms with E-state index < -0.39 is 0 Å².